The van der Waals surface area contributed by atoms with E-state index in [9.17, 15) is 4.79 Å². The molecule has 0 saturated carbocycles. The summed E-state index contributed by atoms with van der Waals surface area (Å²) in [5, 5.41) is 7.03. The van der Waals surface area contributed by atoms with Crippen molar-refractivity contribution in [3.05, 3.63) is 60.2 Å². The summed E-state index contributed by atoms with van der Waals surface area (Å²) in [7, 11) is 0. The molecule has 1 fully saturated rings. The lowest BCUT2D eigenvalue weighted by Gasteiger charge is -2.30. The Morgan fingerprint density at radius 2 is 2.00 bits per heavy atom. The summed E-state index contributed by atoms with van der Waals surface area (Å²) >= 11 is 0. The quantitative estimate of drug-likeness (QED) is 0.734. The Hall–Kier alpha value is -3.06. The van der Waals surface area contributed by atoms with Gasteiger partial charge in [-0.1, -0.05) is 35.0 Å². The van der Waals surface area contributed by atoms with Gasteiger partial charge in [0, 0.05) is 17.7 Å². The summed E-state index contributed by atoms with van der Waals surface area (Å²) in [6.07, 6.45) is 4.97. The largest absolute Gasteiger partial charge is 0.338 e. The van der Waals surface area contributed by atoms with Crippen LogP contribution in [0.15, 0.2) is 53.3 Å². The second-order valence-electron chi connectivity index (χ2n) is 7.16. The normalized spacial score (nSPS) is 15.5. The molecule has 1 N–H and O–H groups in total. The fourth-order valence-corrected chi connectivity index (χ4v) is 3.36. The average molecular weight is 377 g/mol. The van der Waals surface area contributed by atoms with Crippen molar-refractivity contribution >= 4 is 11.6 Å². The van der Waals surface area contributed by atoms with Crippen LogP contribution in [0.3, 0.4) is 0 Å². The van der Waals surface area contributed by atoms with Crippen molar-refractivity contribution in [3.63, 3.8) is 0 Å². The first-order valence-electron chi connectivity index (χ1n) is 9.50. The van der Waals surface area contributed by atoms with Crippen molar-refractivity contribution in [2.75, 3.05) is 18.4 Å². The molecule has 1 amide bonds. The standard InChI is InChI=1S/C21H23N5O2/c1-15-4-6-16(7-5-15)20-24-19(28-25-20)14-26-11-8-17(9-12-26)21(27)23-18-3-2-10-22-13-18/h2-7,10,13,17H,8-9,11-12,14H2,1H3,(H,23,27). The first-order chi connectivity index (χ1) is 13.7. The van der Waals surface area contributed by atoms with Crippen LogP contribution in [0.5, 0.6) is 0 Å². The maximum Gasteiger partial charge on any atom is 0.241 e. The molecule has 1 aliphatic heterocycles. The third kappa shape index (κ3) is 4.43. The van der Waals surface area contributed by atoms with Gasteiger partial charge >= 0.3 is 0 Å². The highest BCUT2D eigenvalue weighted by atomic mass is 16.5. The molecule has 28 heavy (non-hydrogen) atoms. The molecule has 0 spiro atoms. The molecule has 7 nitrogen and oxygen atoms in total. The van der Waals surface area contributed by atoms with Crippen LogP contribution in [0.2, 0.25) is 0 Å². The Morgan fingerprint density at radius 1 is 1.21 bits per heavy atom. The summed E-state index contributed by atoms with van der Waals surface area (Å²) in [6.45, 7) is 4.31. The van der Waals surface area contributed by atoms with Crippen LogP contribution < -0.4 is 5.32 Å². The number of carbonyl (C=O) groups excluding carboxylic acids is 1. The van der Waals surface area contributed by atoms with Gasteiger partial charge in [0.1, 0.15) is 0 Å². The molecule has 1 aromatic carbocycles. The molecule has 2 aromatic heterocycles. The Bertz CT molecular complexity index is 915. The number of aryl methyl sites for hydroxylation is 1. The summed E-state index contributed by atoms with van der Waals surface area (Å²) in [6, 6.07) is 11.7. The van der Waals surface area contributed by atoms with E-state index in [1.807, 2.05) is 43.3 Å². The second kappa shape index (κ2) is 8.31. The van der Waals surface area contributed by atoms with Crippen molar-refractivity contribution in [1.29, 1.82) is 0 Å². The van der Waals surface area contributed by atoms with Gasteiger partial charge < -0.3 is 9.84 Å². The maximum atomic E-state index is 12.4. The Morgan fingerprint density at radius 3 is 2.71 bits per heavy atom. The average Bonchev–Trinajstić information content (AvgIpc) is 3.18. The van der Waals surface area contributed by atoms with E-state index in [1.54, 1.807) is 12.4 Å². The molecule has 0 radical (unpaired) electrons. The smallest absolute Gasteiger partial charge is 0.241 e. The van der Waals surface area contributed by atoms with E-state index in [0.717, 1.165) is 37.2 Å². The van der Waals surface area contributed by atoms with E-state index >= 15 is 0 Å². The van der Waals surface area contributed by atoms with Gasteiger partial charge in [0.2, 0.25) is 17.6 Å². The van der Waals surface area contributed by atoms with E-state index in [2.05, 4.69) is 25.3 Å². The number of nitrogens with one attached hydrogen (secondary N) is 1. The van der Waals surface area contributed by atoms with E-state index in [-0.39, 0.29) is 11.8 Å². The lowest BCUT2D eigenvalue weighted by atomic mass is 9.96. The van der Waals surface area contributed by atoms with Crippen LogP contribution in [0.1, 0.15) is 24.3 Å². The summed E-state index contributed by atoms with van der Waals surface area (Å²) in [5.74, 6) is 1.30. The fourth-order valence-electron chi connectivity index (χ4n) is 3.36. The number of piperidine rings is 1. The van der Waals surface area contributed by atoms with Gasteiger partial charge in [0.05, 0.1) is 18.4 Å². The molecule has 7 heteroatoms. The van der Waals surface area contributed by atoms with Crippen molar-refractivity contribution < 1.29 is 9.32 Å². The highest BCUT2D eigenvalue weighted by molar-refractivity contribution is 5.92. The fraction of sp³-hybridized carbons (Fsp3) is 0.333. The van der Waals surface area contributed by atoms with Gasteiger partial charge in [-0.25, -0.2) is 0 Å². The number of likely N-dealkylation sites (tertiary alicyclic amines) is 1. The van der Waals surface area contributed by atoms with Gasteiger partial charge in [-0.15, -0.1) is 0 Å². The lowest BCUT2D eigenvalue weighted by molar-refractivity contribution is -0.121. The minimum atomic E-state index is 0.0160. The zero-order valence-corrected chi connectivity index (χ0v) is 15.8. The van der Waals surface area contributed by atoms with Gasteiger partial charge in [-0.2, -0.15) is 4.98 Å². The third-order valence-corrected chi connectivity index (χ3v) is 5.02. The molecule has 3 aromatic rings. The zero-order valence-electron chi connectivity index (χ0n) is 15.8. The molecular weight excluding hydrogens is 354 g/mol. The minimum Gasteiger partial charge on any atom is -0.338 e. The first kappa shape index (κ1) is 18.3. The van der Waals surface area contributed by atoms with E-state index in [4.69, 9.17) is 4.52 Å². The highest BCUT2D eigenvalue weighted by Crippen LogP contribution is 2.22. The molecule has 4 rings (SSSR count). The third-order valence-electron chi connectivity index (χ3n) is 5.02. The SMILES string of the molecule is Cc1ccc(-c2noc(CN3CCC(C(=O)Nc4cccnc4)CC3)n2)cc1. The van der Waals surface area contributed by atoms with Crippen molar-refractivity contribution in [3.8, 4) is 11.4 Å². The number of rotatable bonds is 5. The maximum absolute atomic E-state index is 12.4. The molecule has 1 aliphatic rings. The Balaban J connectivity index is 1.29. The molecule has 0 atom stereocenters. The highest BCUT2D eigenvalue weighted by Gasteiger charge is 2.26. The number of nitrogens with zero attached hydrogens (tertiary/aromatic N) is 4. The van der Waals surface area contributed by atoms with Gasteiger partial charge in [-0.3, -0.25) is 14.7 Å². The predicted octanol–water partition coefficient (Wildman–Crippen LogP) is 3.29. The second-order valence-corrected chi connectivity index (χ2v) is 7.16. The number of amides is 1. The number of anilines is 1. The molecular formula is C21H23N5O2. The Kier molecular flexibility index (Phi) is 5.43. The van der Waals surface area contributed by atoms with E-state index < -0.39 is 0 Å². The van der Waals surface area contributed by atoms with Crippen LogP contribution in [0.4, 0.5) is 5.69 Å². The molecule has 0 bridgehead atoms. The molecule has 1 saturated heterocycles. The molecule has 0 aliphatic carbocycles. The van der Waals surface area contributed by atoms with Gasteiger partial charge in [0.15, 0.2) is 0 Å². The Labute approximate surface area is 163 Å². The number of carbonyl (C=O) groups is 1. The van der Waals surface area contributed by atoms with Crippen LogP contribution in [-0.4, -0.2) is 39.0 Å². The number of hydrogen-bond acceptors (Lipinski definition) is 6. The summed E-state index contributed by atoms with van der Waals surface area (Å²) in [5.41, 5.74) is 2.89. The van der Waals surface area contributed by atoms with Gasteiger partial charge in [-0.05, 0) is 45.0 Å². The monoisotopic (exact) mass is 377 g/mol. The number of pyridine rings is 1. The van der Waals surface area contributed by atoms with Gasteiger partial charge in [0.25, 0.3) is 0 Å². The lowest BCUT2D eigenvalue weighted by Crippen LogP contribution is -2.37. The summed E-state index contributed by atoms with van der Waals surface area (Å²) < 4.78 is 5.42. The molecule has 0 unspecified atom stereocenters. The topological polar surface area (TPSA) is 84.2 Å². The van der Waals surface area contributed by atoms with Crippen molar-refractivity contribution in [1.82, 2.24) is 20.0 Å². The van der Waals surface area contributed by atoms with Crippen molar-refractivity contribution in [2.24, 2.45) is 5.92 Å². The molecule has 3 heterocycles. The number of benzene rings is 1. The number of hydrogen-bond donors (Lipinski definition) is 1. The number of aromatic nitrogens is 3. The predicted molar refractivity (Wildman–Crippen MR) is 105 cm³/mol. The van der Waals surface area contributed by atoms with E-state index in [1.165, 1.54) is 5.56 Å². The van der Waals surface area contributed by atoms with Crippen LogP contribution >= 0.6 is 0 Å². The summed E-state index contributed by atoms with van der Waals surface area (Å²) in [4.78, 5) is 23.2. The van der Waals surface area contributed by atoms with Crippen LogP contribution in [0.25, 0.3) is 11.4 Å². The van der Waals surface area contributed by atoms with E-state index in [0.29, 0.717) is 18.3 Å². The van der Waals surface area contributed by atoms with Crippen LogP contribution in [0, 0.1) is 12.8 Å². The van der Waals surface area contributed by atoms with Crippen LogP contribution in [-0.2, 0) is 11.3 Å². The van der Waals surface area contributed by atoms with Crippen molar-refractivity contribution in [2.45, 2.75) is 26.3 Å². The zero-order chi connectivity index (χ0) is 19.3. The minimum absolute atomic E-state index is 0.0160. The first-order valence-corrected chi connectivity index (χ1v) is 9.50. The molecule has 144 valence electrons.